The lowest BCUT2D eigenvalue weighted by Gasteiger charge is -2.25. The van der Waals surface area contributed by atoms with E-state index in [1.54, 1.807) is 18.2 Å². The van der Waals surface area contributed by atoms with Crippen molar-refractivity contribution in [1.29, 1.82) is 0 Å². The Morgan fingerprint density at radius 2 is 0.701 bits per heavy atom. The summed E-state index contributed by atoms with van der Waals surface area (Å²) in [7, 11) is 5.70. The largest absolute Gasteiger partial charge is 0.248 e. The van der Waals surface area contributed by atoms with Crippen LogP contribution in [0.3, 0.4) is 0 Å². The van der Waals surface area contributed by atoms with E-state index in [2.05, 4.69) is 258 Å². The molecular weight excluding hydrogens is 1330 g/mol. The van der Waals surface area contributed by atoms with Gasteiger partial charge in [-0.15, -0.1) is 0 Å². The summed E-state index contributed by atoms with van der Waals surface area (Å²) >= 11 is 0. The zero-order chi connectivity index (χ0) is 77.6. The number of halogens is 3. The van der Waals surface area contributed by atoms with Crippen molar-refractivity contribution < 1.29 is 26.9 Å². The number of hydrogen-bond acceptors (Lipinski definition) is 9. The number of pyridine rings is 3. The molecule has 6 aromatic heterocycles. The molecule has 0 spiro atoms. The third-order valence-electron chi connectivity index (χ3n) is 20.8. The van der Waals surface area contributed by atoms with Crippen LogP contribution in [0.2, 0.25) is 0 Å². The molecule has 12 aromatic rings. The van der Waals surface area contributed by atoms with E-state index < -0.39 is 0 Å². The van der Waals surface area contributed by atoms with Crippen LogP contribution in [0.4, 0.5) is 13.2 Å². The summed E-state index contributed by atoms with van der Waals surface area (Å²) < 4.78 is 53.4. The second kappa shape index (κ2) is 31.7. The van der Waals surface area contributed by atoms with Crippen LogP contribution in [-0.4, -0.2) is 44.9 Å². The molecule has 0 unspecified atom stereocenters. The van der Waals surface area contributed by atoms with Crippen molar-refractivity contribution in [3.63, 3.8) is 0 Å². The van der Waals surface area contributed by atoms with Gasteiger partial charge in [-0.25, -0.2) is 44.9 Å². The average Bonchev–Trinajstić information content (AvgIpc) is 0.762. The van der Waals surface area contributed by atoms with E-state index in [1.165, 1.54) is 70.3 Å². The van der Waals surface area contributed by atoms with Gasteiger partial charge in [0.05, 0.1) is 33.4 Å². The Labute approximate surface area is 633 Å². The maximum absolute atomic E-state index is 16.1. The Bertz CT molecular complexity index is 5180. The Balaban J connectivity index is 0.000000160. The van der Waals surface area contributed by atoms with Crippen LogP contribution in [0.25, 0.3) is 100 Å². The number of aromatic nitrogens is 12. The van der Waals surface area contributed by atoms with Gasteiger partial charge in [0, 0.05) is 35.5 Å². The van der Waals surface area contributed by atoms with Crippen molar-refractivity contribution in [2.24, 2.45) is 21.1 Å². The van der Waals surface area contributed by atoms with Gasteiger partial charge in [-0.3, -0.25) is 0 Å². The first-order valence-electron chi connectivity index (χ1n) is 38.5. The number of fused-ring (bicyclic) bond motifs is 3. The van der Waals surface area contributed by atoms with E-state index in [9.17, 15) is 0 Å². The quantitative estimate of drug-likeness (QED) is 0.104. The van der Waals surface area contributed by atoms with Gasteiger partial charge in [-0.2, -0.15) is 26.9 Å². The fourth-order valence-electron chi connectivity index (χ4n) is 14.8. The van der Waals surface area contributed by atoms with Gasteiger partial charge in [0.25, 0.3) is 0 Å². The minimum absolute atomic E-state index is 0.0163. The van der Waals surface area contributed by atoms with Crippen LogP contribution in [0, 0.1) is 38.2 Å². The zero-order valence-corrected chi connectivity index (χ0v) is 67.7. The van der Waals surface area contributed by atoms with Crippen molar-refractivity contribution in [3.05, 3.63) is 214 Å². The number of aryl methyl sites for hydroxylation is 6. The Hall–Kier alpha value is -9.63. The topological polar surface area (TPSA) is 128 Å². The maximum atomic E-state index is 16.1. The molecule has 0 bridgehead atoms. The molecule has 13 rings (SSSR count). The molecule has 1 aliphatic rings. The first-order chi connectivity index (χ1) is 50.5. The first-order valence-corrected chi connectivity index (χ1v) is 38.5. The van der Waals surface area contributed by atoms with Crippen LogP contribution in [0.15, 0.2) is 128 Å². The van der Waals surface area contributed by atoms with Crippen LogP contribution in [0.5, 0.6) is 0 Å². The highest BCUT2D eigenvalue weighted by Gasteiger charge is 2.32. The third-order valence-corrected chi connectivity index (χ3v) is 20.8. The Morgan fingerprint density at radius 1 is 0.355 bits per heavy atom. The van der Waals surface area contributed by atoms with E-state index in [4.69, 9.17) is 9.97 Å². The van der Waals surface area contributed by atoms with Crippen LogP contribution >= 0.6 is 0 Å². The highest BCUT2D eigenvalue weighted by atomic mass is 19.1. The summed E-state index contributed by atoms with van der Waals surface area (Å²) in [4.78, 5) is 42.0. The molecule has 1 aliphatic carbocycles. The van der Waals surface area contributed by atoms with Crippen molar-refractivity contribution in [2.45, 2.75) is 230 Å². The molecular formula is C92H110F3N12+3. The third kappa shape index (κ3) is 16.7. The first kappa shape index (κ1) is 78.4. The van der Waals surface area contributed by atoms with Crippen molar-refractivity contribution in [1.82, 2.24) is 44.9 Å². The lowest BCUT2D eigenvalue weighted by Crippen LogP contribution is -2.33. The summed E-state index contributed by atoms with van der Waals surface area (Å²) in [5.41, 5.74) is 13.4. The zero-order valence-electron chi connectivity index (χ0n) is 67.7. The standard InChI is InChI=1S/C32H38FN4.2C30H36FN4/c1-19(2)30-34-31(20(3)4)36-32(35-30)23-16-28(33)29(37(6)18-23)26-17-27(22-12-8-7-9-13-22)25-15-11-10-14-24(25)21(26)5;1-17(2)27-32-28(18(3)4)34-29(33-27)21-14-25(31)26(35(9)16-21)22-15-23-20(13-19(22)5)11-10-12-24(23)30(6,7)8;1-17(2)27-32-28(18(3)4)34-29(33-27)20-14-25(31)26(35(9)16-20)23-15-24(30(6,7)8)22-13-11-10-12-21(22)19(23)5/h10-11,14-20,22H,7-9,12-13H2,1-6H3;2*10-18H,1-9H3/q3*+1. The van der Waals surface area contributed by atoms with Gasteiger partial charge >= 0.3 is 0 Å². The second-order valence-electron chi connectivity index (χ2n) is 33.5. The van der Waals surface area contributed by atoms with E-state index in [1.807, 2.05) is 66.4 Å². The van der Waals surface area contributed by atoms with Crippen molar-refractivity contribution >= 4 is 32.3 Å². The van der Waals surface area contributed by atoms with E-state index in [0.717, 1.165) is 79.1 Å². The minimum atomic E-state index is -0.293. The van der Waals surface area contributed by atoms with Crippen LogP contribution in [-0.2, 0) is 32.0 Å². The summed E-state index contributed by atoms with van der Waals surface area (Å²) in [6.07, 6.45) is 12.0. The lowest BCUT2D eigenvalue weighted by atomic mass is 9.80. The fourth-order valence-corrected chi connectivity index (χ4v) is 14.8. The summed E-state index contributed by atoms with van der Waals surface area (Å²) in [6.45, 7) is 44.2. The smallest absolute Gasteiger partial charge is 0.217 e. The average molecular weight is 1440 g/mol. The van der Waals surface area contributed by atoms with Crippen molar-refractivity contribution in [2.75, 3.05) is 0 Å². The van der Waals surface area contributed by atoms with Gasteiger partial charge in [0.15, 0.2) is 53.5 Å². The fraction of sp³-hybridized carbons (Fsp3) is 0.413. The van der Waals surface area contributed by atoms with Gasteiger partial charge in [-0.1, -0.05) is 217 Å². The number of nitrogens with zero attached hydrogens (tertiary/aromatic N) is 12. The van der Waals surface area contributed by atoms with Gasteiger partial charge < -0.3 is 0 Å². The second-order valence-corrected chi connectivity index (χ2v) is 33.5. The normalized spacial score (nSPS) is 13.1. The molecule has 6 aromatic carbocycles. The molecule has 107 heavy (non-hydrogen) atoms. The molecule has 0 N–H and O–H groups in total. The summed E-state index contributed by atoms with van der Waals surface area (Å²) in [6, 6.07) is 36.8. The molecule has 0 aliphatic heterocycles. The maximum Gasteiger partial charge on any atom is 0.248 e. The molecule has 0 radical (unpaired) electrons. The molecule has 1 saturated carbocycles. The molecule has 556 valence electrons. The lowest BCUT2D eigenvalue weighted by molar-refractivity contribution is -0.661. The summed E-state index contributed by atoms with van der Waals surface area (Å²) in [5, 5.41) is 7.22. The molecule has 6 heterocycles. The predicted octanol–water partition coefficient (Wildman–Crippen LogP) is 22.3. The number of rotatable bonds is 13. The van der Waals surface area contributed by atoms with Gasteiger partial charge in [0.1, 0.15) is 56.1 Å². The predicted molar refractivity (Wildman–Crippen MR) is 430 cm³/mol. The van der Waals surface area contributed by atoms with E-state index in [-0.39, 0.29) is 63.8 Å². The monoisotopic (exact) mass is 1440 g/mol. The van der Waals surface area contributed by atoms with E-state index >= 15 is 13.2 Å². The Kier molecular flexibility index (Phi) is 23.2. The number of hydrogen-bond donors (Lipinski definition) is 0. The van der Waals surface area contributed by atoms with Crippen LogP contribution in [0.1, 0.15) is 266 Å². The highest BCUT2D eigenvalue weighted by molar-refractivity contribution is 5.96. The van der Waals surface area contributed by atoms with Crippen molar-refractivity contribution in [3.8, 4) is 67.9 Å². The molecule has 15 heteroatoms. The molecule has 12 nitrogen and oxygen atoms in total. The van der Waals surface area contributed by atoms with Gasteiger partial charge in [-0.05, 0) is 152 Å². The number of benzene rings is 6. The molecule has 0 saturated heterocycles. The molecule has 1 fully saturated rings. The SMILES string of the molecule is Cc1c(-c2c(F)cc(-c3nc(C(C)C)nc(C(C)C)n3)c[n+]2C)cc(C(C)(C)C)c2ccccc12.Cc1c(-c2c(F)cc(-c3nc(C(C)C)nc(C(C)C)n3)c[n+]2C)cc(C2CCCCC2)c2ccccc12.Cc1cc2cccc(C(C)(C)C)c2cc1-c1c(F)cc(-c2nc(C(C)C)nc(C(C)C)n2)c[n+]1C. The minimum Gasteiger partial charge on any atom is -0.217 e. The summed E-state index contributed by atoms with van der Waals surface area (Å²) in [5.74, 6) is 6.58. The van der Waals surface area contributed by atoms with Crippen LogP contribution < -0.4 is 13.7 Å². The molecule has 0 atom stereocenters. The van der Waals surface area contributed by atoms with Gasteiger partial charge in [0.2, 0.25) is 17.1 Å². The van der Waals surface area contributed by atoms with E-state index in [0.29, 0.717) is 57.2 Å². The molecule has 0 amide bonds. The Morgan fingerprint density at radius 3 is 1.07 bits per heavy atom. The highest BCUT2D eigenvalue weighted by Crippen LogP contribution is 2.43.